The highest BCUT2D eigenvalue weighted by molar-refractivity contribution is 14.2. The lowest BCUT2D eigenvalue weighted by Gasteiger charge is -1.90. The lowest BCUT2D eigenvalue weighted by molar-refractivity contribution is -0.118. The van der Waals surface area contributed by atoms with Crippen LogP contribution in [-0.2, 0) is 4.79 Å². The summed E-state index contributed by atoms with van der Waals surface area (Å²) in [5.41, 5.74) is 0. The van der Waals surface area contributed by atoms with E-state index in [4.69, 9.17) is 0 Å². The number of carbonyl (C=O) groups is 1. The van der Waals surface area contributed by atoms with E-state index in [2.05, 4.69) is 26.5 Å². The molecule has 1 amide bonds. The highest BCUT2D eigenvalue weighted by atomic mass is 127. The van der Waals surface area contributed by atoms with Crippen molar-refractivity contribution in [2.75, 3.05) is 12.8 Å². The molecule has 0 saturated carbocycles. The Morgan fingerprint density at radius 2 is 2.57 bits per heavy atom. The first-order valence-electron chi connectivity index (χ1n) is 1.75. The average molecular weight is 231 g/mol. The van der Waals surface area contributed by atoms with Crippen molar-refractivity contribution in [1.29, 1.82) is 0 Å². The topological polar surface area (TPSA) is 29.1 Å². The molecule has 4 heteroatoms. The molecule has 0 saturated heterocycles. The maximum atomic E-state index is 10.3. The van der Waals surface area contributed by atoms with Gasteiger partial charge >= 0.3 is 0 Å². The molecule has 0 unspecified atom stereocenters. The van der Waals surface area contributed by atoms with Gasteiger partial charge in [0.25, 0.3) is 0 Å². The summed E-state index contributed by atoms with van der Waals surface area (Å²) in [6.07, 6.45) is 0. The van der Waals surface area contributed by atoms with Gasteiger partial charge in [-0.1, -0.05) is 8.93 Å². The van der Waals surface area contributed by atoms with Crippen LogP contribution < -0.4 is 5.32 Å². The van der Waals surface area contributed by atoms with Crippen LogP contribution in [0.15, 0.2) is 0 Å². The van der Waals surface area contributed by atoms with Gasteiger partial charge in [0.2, 0.25) is 5.91 Å². The zero-order chi connectivity index (χ0) is 5.70. The Bertz CT molecular complexity index is 68.0. The van der Waals surface area contributed by atoms with Crippen molar-refractivity contribution >= 4 is 36.0 Å². The number of amides is 1. The molecule has 0 heterocycles. The summed E-state index contributed by atoms with van der Waals surface area (Å²) in [6, 6.07) is 0. The van der Waals surface area contributed by atoms with Crippen LogP contribution in [0.4, 0.5) is 0 Å². The van der Waals surface area contributed by atoms with Crippen molar-refractivity contribution in [1.82, 2.24) is 5.32 Å². The smallest absolute Gasteiger partial charge is 0.230 e. The van der Waals surface area contributed by atoms with Crippen molar-refractivity contribution in [2.24, 2.45) is 0 Å². The molecular weight excluding hydrogens is 225 g/mol. The Labute approximate surface area is 59.0 Å². The van der Waals surface area contributed by atoms with Gasteiger partial charge in [0.05, 0.1) is 5.75 Å². The summed E-state index contributed by atoms with van der Waals surface area (Å²) < 4.78 is 0. The molecule has 1 N–H and O–H groups in total. The van der Waals surface area contributed by atoms with E-state index in [0.29, 0.717) is 5.75 Å². The highest BCUT2D eigenvalue weighted by Crippen LogP contribution is 2.08. The molecule has 0 radical (unpaired) electrons. The van der Waals surface area contributed by atoms with Gasteiger partial charge in [-0.05, 0) is 21.2 Å². The van der Waals surface area contributed by atoms with E-state index in [-0.39, 0.29) is 5.91 Å². The minimum absolute atomic E-state index is 0.0828. The van der Waals surface area contributed by atoms with Crippen LogP contribution in [0, 0.1) is 0 Å². The van der Waals surface area contributed by atoms with E-state index in [1.54, 1.807) is 7.05 Å². The minimum Gasteiger partial charge on any atom is -0.358 e. The molecule has 0 fully saturated rings. The predicted molar refractivity (Wildman–Crippen MR) is 40.5 cm³/mol. The molecule has 0 atom stereocenters. The molecule has 0 aromatic carbocycles. The van der Waals surface area contributed by atoms with E-state index in [1.807, 2.05) is 0 Å². The standard InChI is InChI=1S/C3H6INOS/c1-5-3(6)2-7-4/h2H2,1H3,(H,5,6). The number of carbonyl (C=O) groups excluding carboxylic acids is 1. The van der Waals surface area contributed by atoms with Gasteiger partial charge in [0.1, 0.15) is 0 Å². The molecule has 0 aliphatic carbocycles. The fourth-order valence-corrected chi connectivity index (χ4v) is 1.21. The largest absolute Gasteiger partial charge is 0.358 e. The number of nitrogens with one attached hydrogen (secondary N) is 1. The van der Waals surface area contributed by atoms with E-state index < -0.39 is 0 Å². The molecule has 0 aromatic rings. The maximum absolute atomic E-state index is 10.3. The summed E-state index contributed by atoms with van der Waals surface area (Å²) in [5, 5.41) is 2.50. The number of hydrogen-bond donors (Lipinski definition) is 1. The first kappa shape index (κ1) is 7.55. The molecule has 0 spiro atoms. The molecule has 0 bridgehead atoms. The maximum Gasteiger partial charge on any atom is 0.230 e. The Balaban J connectivity index is 3.00. The van der Waals surface area contributed by atoms with Crippen LogP contribution in [-0.4, -0.2) is 18.7 Å². The molecule has 0 aliphatic heterocycles. The van der Waals surface area contributed by atoms with Gasteiger partial charge in [-0.25, -0.2) is 0 Å². The number of hydrogen-bond acceptors (Lipinski definition) is 2. The van der Waals surface area contributed by atoms with E-state index in [1.165, 1.54) is 8.93 Å². The Kier molecular flexibility index (Phi) is 5.07. The van der Waals surface area contributed by atoms with Crippen molar-refractivity contribution in [3.63, 3.8) is 0 Å². The van der Waals surface area contributed by atoms with Crippen LogP contribution >= 0.6 is 30.1 Å². The normalized spacial score (nSPS) is 8.29. The van der Waals surface area contributed by atoms with E-state index in [0.717, 1.165) is 0 Å². The second kappa shape index (κ2) is 4.70. The number of rotatable bonds is 2. The SMILES string of the molecule is CNC(=O)CSI. The lowest BCUT2D eigenvalue weighted by Crippen LogP contribution is -2.18. The molecule has 0 aromatic heterocycles. The van der Waals surface area contributed by atoms with Crippen molar-refractivity contribution in [2.45, 2.75) is 0 Å². The second-order valence-corrected chi connectivity index (χ2v) is 3.30. The van der Waals surface area contributed by atoms with Crippen LogP contribution in [0.2, 0.25) is 0 Å². The predicted octanol–water partition coefficient (Wildman–Crippen LogP) is 0.816. The Morgan fingerprint density at radius 3 is 2.71 bits per heavy atom. The summed E-state index contributed by atoms with van der Waals surface area (Å²) >= 11 is 2.08. The summed E-state index contributed by atoms with van der Waals surface area (Å²) in [4.78, 5) is 10.3. The van der Waals surface area contributed by atoms with Crippen LogP contribution in [0.5, 0.6) is 0 Å². The van der Waals surface area contributed by atoms with Crippen molar-refractivity contribution in [3.05, 3.63) is 0 Å². The van der Waals surface area contributed by atoms with Crippen molar-refractivity contribution in [3.8, 4) is 0 Å². The van der Waals surface area contributed by atoms with Crippen LogP contribution in [0.25, 0.3) is 0 Å². The Morgan fingerprint density at radius 1 is 2.00 bits per heavy atom. The molecule has 0 aliphatic rings. The zero-order valence-electron chi connectivity index (χ0n) is 3.90. The van der Waals surface area contributed by atoms with Crippen molar-refractivity contribution < 1.29 is 4.79 Å². The third kappa shape index (κ3) is 4.40. The zero-order valence-corrected chi connectivity index (χ0v) is 6.88. The van der Waals surface area contributed by atoms with Gasteiger partial charge in [-0.15, -0.1) is 0 Å². The molecule has 2 nitrogen and oxygen atoms in total. The molecular formula is C3H6INOS. The van der Waals surface area contributed by atoms with Gasteiger partial charge < -0.3 is 5.32 Å². The van der Waals surface area contributed by atoms with Crippen LogP contribution in [0.3, 0.4) is 0 Å². The summed E-state index contributed by atoms with van der Waals surface area (Å²) in [6.45, 7) is 0. The van der Waals surface area contributed by atoms with E-state index >= 15 is 0 Å². The van der Waals surface area contributed by atoms with Gasteiger partial charge in [0, 0.05) is 7.05 Å². The van der Waals surface area contributed by atoms with Crippen LogP contribution in [0.1, 0.15) is 0 Å². The third-order valence-electron chi connectivity index (χ3n) is 0.464. The molecule has 7 heavy (non-hydrogen) atoms. The molecule has 42 valence electrons. The number of halogens is 1. The lowest BCUT2D eigenvalue weighted by atomic mass is 10.7. The summed E-state index contributed by atoms with van der Waals surface area (Å²) in [7, 11) is 3.13. The third-order valence-corrected chi connectivity index (χ3v) is 1.77. The van der Waals surface area contributed by atoms with Gasteiger partial charge in [0.15, 0.2) is 0 Å². The monoisotopic (exact) mass is 231 g/mol. The molecule has 0 rings (SSSR count). The first-order chi connectivity index (χ1) is 3.31. The fourth-order valence-electron chi connectivity index (χ4n) is 0.122. The van der Waals surface area contributed by atoms with Gasteiger partial charge in [-0.3, -0.25) is 4.79 Å². The highest BCUT2D eigenvalue weighted by Gasteiger charge is 1.91. The van der Waals surface area contributed by atoms with E-state index in [9.17, 15) is 4.79 Å². The fraction of sp³-hybridized carbons (Fsp3) is 0.667. The quantitative estimate of drug-likeness (QED) is 0.712. The second-order valence-electron chi connectivity index (χ2n) is 0.927. The summed E-state index contributed by atoms with van der Waals surface area (Å²) in [5.74, 6) is 0.635. The van der Waals surface area contributed by atoms with Gasteiger partial charge in [-0.2, -0.15) is 0 Å². The average Bonchev–Trinajstić information content (AvgIpc) is 1.68. The first-order valence-corrected chi connectivity index (χ1v) is 5.28. The Hall–Kier alpha value is 0.550. The minimum atomic E-state index is 0.0828.